The number of fused-ring (bicyclic) bond motifs is 1. The van der Waals surface area contributed by atoms with Crippen molar-refractivity contribution in [1.29, 1.82) is 0 Å². The van der Waals surface area contributed by atoms with Crippen LogP contribution in [-0.2, 0) is 7.05 Å². The van der Waals surface area contributed by atoms with E-state index in [9.17, 15) is 0 Å². The average molecular weight is 360 g/mol. The molecule has 0 amide bonds. The van der Waals surface area contributed by atoms with E-state index in [0.717, 1.165) is 47.6 Å². The van der Waals surface area contributed by atoms with Gasteiger partial charge in [0.2, 0.25) is 0 Å². The summed E-state index contributed by atoms with van der Waals surface area (Å²) >= 11 is 0. The van der Waals surface area contributed by atoms with Gasteiger partial charge < -0.3 is 10.6 Å². The summed E-state index contributed by atoms with van der Waals surface area (Å²) in [6.45, 7) is 1.63. The number of aryl methyl sites for hydroxylation is 1. The molecule has 0 spiro atoms. The summed E-state index contributed by atoms with van der Waals surface area (Å²) < 4.78 is 1.76. The minimum Gasteiger partial charge on any atom is -0.384 e. The van der Waals surface area contributed by atoms with E-state index in [1.165, 1.54) is 0 Å². The Morgan fingerprint density at radius 3 is 2.59 bits per heavy atom. The summed E-state index contributed by atoms with van der Waals surface area (Å²) in [7, 11) is 1.88. The first kappa shape index (κ1) is 16.9. The van der Waals surface area contributed by atoms with E-state index in [1.807, 2.05) is 37.5 Å². The third kappa shape index (κ3) is 3.84. The molecule has 0 bridgehead atoms. The summed E-state index contributed by atoms with van der Waals surface area (Å²) in [4.78, 5) is 17.5. The lowest BCUT2D eigenvalue weighted by atomic mass is 10.2. The fourth-order valence-electron chi connectivity index (χ4n) is 2.78. The third-order valence-electron chi connectivity index (χ3n) is 4.17. The van der Waals surface area contributed by atoms with E-state index in [4.69, 9.17) is 4.98 Å². The van der Waals surface area contributed by atoms with Crippen LogP contribution in [0.1, 0.15) is 6.42 Å². The first-order chi connectivity index (χ1) is 13.3. The lowest BCUT2D eigenvalue weighted by Crippen LogP contribution is -2.11. The van der Waals surface area contributed by atoms with Crippen LogP contribution < -0.4 is 10.6 Å². The van der Waals surface area contributed by atoms with Gasteiger partial charge in [-0.05, 0) is 30.7 Å². The lowest BCUT2D eigenvalue weighted by molar-refractivity contribution is 0.786. The Balaban J connectivity index is 1.47. The van der Waals surface area contributed by atoms with Crippen molar-refractivity contribution in [2.45, 2.75) is 6.42 Å². The molecule has 0 aliphatic carbocycles. The summed E-state index contributed by atoms with van der Waals surface area (Å²) in [5.74, 6) is 1.45. The van der Waals surface area contributed by atoms with Crippen LogP contribution in [0.25, 0.3) is 22.4 Å². The number of hydrogen-bond acceptors (Lipinski definition) is 7. The summed E-state index contributed by atoms with van der Waals surface area (Å²) in [5.41, 5.74) is 2.75. The lowest BCUT2D eigenvalue weighted by Gasteiger charge is -2.10. The molecular formula is C19H20N8. The van der Waals surface area contributed by atoms with Crippen molar-refractivity contribution in [1.82, 2.24) is 29.7 Å². The second-order valence-electron chi connectivity index (χ2n) is 6.09. The van der Waals surface area contributed by atoms with Crippen molar-refractivity contribution in [2.75, 3.05) is 23.7 Å². The van der Waals surface area contributed by atoms with Gasteiger partial charge >= 0.3 is 0 Å². The van der Waals surface area contributed by atoms with Gasteiger partial charge in [-0.3, -0.25) is 14.6 Å². The minimum atomic E-state index is 0.657. The molecule has 8 nitrogen and oxygen atoms in total. The predicted molar refractivity (Wildman–Crippen MR) is 105 cm³/mol. The molecule has 0 radical (unpaired) electrons. The molecule has 4 rings (SSSR count). The molecule has 0 saturated carbocycles. The quantitative estimate of drug-likeness (QED) is 0.489. The highest BCUT2D eigenvalue weighted by molar-refractivity contribution is 5.88. The molecule has 27 heavy (non-hydrogen) atoms. The molecule has 0 atom stereocenters. The number of anilines is 2. The summed E-state index contributed by atoms with van der Waals surface area (Å²) in [6.07, 6.45) is 9.79. The number of pyridine rings is 2. The zero-order chi connectivity index (χ0) is 18.5. The van der Waals surface area contributed by atoms with Gasteiger partial charge in [0.25, 0.3) is 0 Å². The van der Waals surface area contributed by atoms with Crippen LogP contribution in [0, 0.1) is 0 Å². The normalized spacial score (nSPS) is 10.9. The standard InChI is InChI=1S/C19H20N8/c1-27-19-16(13-24-27)18(25-17(26-19)14-5-10-20-11-6-14)23-9-3-8-22-15-4-2-7-21-12-15/h2,4-7,10-13,22H,3,8-9H2,1H3,(H,23,25,26). The van der Waals surface area contributed by atoms with Crippen molar-refractivity contribution in [2.24, 2.45) is 7.05 Å². The molecule has 2 N–H and O–H groups in total. The average Bonchev–Trinajstić information content (AvgIpc) is 3.10. The highest BCUT2D eigenvalue weighted by Gasteiger charge is 2.12. The van der Waals surface area contributed by atoms with Gasteiger partial charge in [-0.2, -0.15) is 5.10 Å². The Morgan fingerprint density at radius 2 is 1.78 bits per heavy atom. The van der Waals surface area contributed by atoms with Crippen LogP contribution in [0.2, 0.25) is 0 Å². The number of rotatable bonds is 7. The maximum absolute atomic E-state index is 4.71. The highest BCUT2D eigenvalue weighted by atomic mass is 15.3. The SMILES string of the molecule is Cn1ncc2c(NCCCNc3cccnc3)nc(-c3ccncc3)nc21. The monoisotopic (exact) mass is 360 g/mol. The van der Waals surface area contributed by atoms with Crippen LogP contribution in [0.4, 0.5) is 11.5 Å². The fourth-order valence-corrected chi connectivity index (χ4v) is 2.78. The molecular weight excluding hydrogens is 340 g/mol. The minimum absolute atomic E-state index is 0.657. The highest BCUT2D eigenvalue weighted by Crippen LogP contribution is 2.24. The van der Waals surface area contributed by atoms with Gasteiger partial charge in [0.05, 0.1) is 17.3 Å². The van der Waals surface area contributed by atoms with E-state index in [0.29, 0.717) is 5.82 Å². The third-order valence-corrected chi connectivity index (χ3v) is 4.17. The van der Waals surface area contributed by atoms with Crippen LogP contribution in [0.15, 0.2) is 55.2 Å². The molecule has 136 valence electrons. The zero-order valence-corrected chi connectivity index (χ0v) is 15.0. The van der Waals surface area contributed by atoms with E-state index in [1.54, 1.807) is 29.5 Å². The maximum Gasteiger partial charge on any atom is 0.164 e. The molecule has 0 unspecified atom stereocenters. The molecule has 4 heterocycles. The first-order valence-electron chi connectivity index (χ1n) is 8.79. The molecule has 0 aliphatic rings. The molecule has 4 aromatic rings. The van der Waals surface area contributed by atoms with Gasteiger partial charge in [-0.1, -0.05) is 0 Å². The molecule has 0 fully saturated rings. The van der Waals surface area contributed by atoms with Gasteiger partial charge in [0, 0.05) is 50.5 Å². The largest absolute Gasteiger partial charge is 0.384 e. The van der Waals surface area contributed by atoms with Crippen molar-refractivity contribution >= 4 is 22.5 Å². The number of hydrogen-bond donors (Lipinski definition) is 2. The topological polar surface area (TPSA) is 93.4 Å². The second kappa shape index (κ2) is 7.77. The van der Waals surface area contributed by atoms with E-state index in [-0.39, 0.29) is 0 Å². The fraction of sp³-hybridized carbons (Fsp3) is 0.211. The van der Waals surface area contributed by atoms with Gasteiger partial charge in [0.15, 0.2) is 11.5 Å². The Bertz CT molecular complexity index is 1010. The zero-order valence-electron chi connectivity index (χ0n) is 15.0. The van der Waals surface area contributed by atoms with E-state index in [2.05, 4.69) is 30.7 Å². The van der Waals surface area contributed by atoms with Crippen LogP contribution in [-0.4, -0.2) is 42.8 Å². The van der Waals surface area contributed by atoms with Gasteiger partial charge in [-0.25, -0.2) is 9.97 Å². The number of nitrogens with one attached hydrogen (secondary N) is 2. The maximum atomic E-state index is 4.71. The van der Waals surface area contributed by atoms with E-state index >= 15 is 0 Å². The summed E-state index contributed by atoms with van der Waals surface area (Å²) in [6, 6.07) is 7.73. The molecule has 0 saturated heterocycles. The molecule has 8 heteroatoms. The van der Waals surface area contributed by atoms with Gasteiger partial charge in [-0.15, -0.1) is 0 Å². The Kier molecular flexibility index (Phi) is 4.86. The summed E-state index contributed by atoms with van der Waals surface area (Å²) in [5, 5.41) is 12.0. The van der Waals surface area contributed by atoms with Crippen molar-refractivity contribution in [3.8, 4) is 11.4 Å². The van der Waals surface area contributed by atoms with Crippen molar-refractivity contribution in [3.05, 3.63) is 55.2 Å². The van der Waals surface area contributed by atoms with Gasteiger partial charge in [0.1, 0.15) is 5.82 Å². The number of aromatic nitrogens is 6. The van der Waals surface area contributed by atoms with Crippen LogP contribution in [0.3, 0.4) is 0 Å². The Labute approximate surface area is 156 Å². The van der Waals surface area contributed by atoms with Crippen LogP contribution in [0.5, 0.6) is 0 Å². The smallest absolute Gasteiger partial charge is 0.164 e. The molecule has 0 aromatic carbocycles. The predicted octanol–water partition coefficient (Wildman–Crippen LogP) is 2.73. The van der Waals surface area contributed by atoms with Crippen molar-refractivity contribution < 1.29 is 0 Å². The first-order valence-corrected chi connectivity index (χ1v) is 8.79. The van der Waals surface area contributed by atoms with Crippen molar-refractivity contribution in [3.63, 3.8) is 0 Å². The van der Waals surface area contributed by atoms with Crippen LogP contribution >= 0.6 is 0 Å². The number of nitrogens with zero attached hydrogens (tertiary/aromatic N) is 6. The Hall–Kier alpha value is -3.55. The Morgan fingerprint density at radius 1 is 0.926 bits per heavy atom. The molecule has 0 aliphatic heterocycles. The molecule has 4 aromatic heterocycles. The van der Waals surface area contributed by atoms with E-state index < -0.39 is 0 Å². The second-order valence-corrected chi connectivity index (χ2v) is 6.09.